The number of carbonyl (C=O) groups excluding carboxylic acids is 1. The number of rotatable bonds is 4. The molecule has 28 heavy (non-hydrogen) atoms. The molecule has 1 unspecified atom stereocenters. The quantitative estimate of drug-likeness (QED) is 0.611. The van der Waals surface area contributed by atoms with Crippen LogP contribution in [0.15, 0.2) is 47.1 Å². The number of amides is 1. The van der Waals surface area contributed by atoms with Crippen molar-refractivity contribution >= 4 is 28.5 Å². The molecule has 0 saturated heterocycles. The van der Waals surface area contributed by atoms with Crippen LogP contribution in [0, 0.1) is 5.92 Å². The molecular formula is C24H26N2O2. The molecular weight excluding hydrogens is 348 g/mol. The minimum atomic E-state index is 0.103. The van der Waals surface area contributed by atoms with Crippen molar-refractivity contribution in [1.82, 2.24) is 9.88 Å². The van der Waals surface area contributed by atoms with Gasteiger partial charge in [-0.3, -0.25) is 4.79 Å². The Morgan fingerprint density at radius 2 is 1.96 bits per heavy atom. The Balaban J connectivity index is 1.98. The molecule has 1 amide bonds. The normalized spacial score (nSPS) is 17.7. The predicted molar refractivity (Wildman–Crippen MR) is 113 cm³/mol. The fourth-order valence-electron chi connectivity index (χ4n) is 4.19. The summed E-state index contributed by atoms with van der Waals surface area (Å²) in [5.41, 5.74) is 4.86. The van der Waals surface area contributed by atoms with Crippen molar-refractivity contribution in [2.24, 2.45) is 5.92 Å². The number of hydrogen-bond donors (Lipinski definition) is 0. The Labute approximate surface area is 165 Å². The van der Waals surface area contributed by atoms with Gasteiger partial charge in [-0.1, -0.05) is 25.1 Å². The van der Waals surface area contributed by atoms with E-state index in [1.165, 1.54) is 0 Å². The number of carbonyl (C=O) groups is 1. The molecule has 1 aromatic carbocycles. The maximum Gasteiger partial charge on any atom is 0.254 e. The molecule has 0 bridgehead atoms. The topological polar surface area (TPSA) is 46.3 Å². The Morgan fingerprint density at radius 1 is 1.18 bits per heavy atom. The predicted octanol–water partition coefficient (Wildman–Crippen LogP) is 5.43. The number of pyridine rings is 1. The molecule has 1 aliphatic carbocycles. The Bertz CT molecular complexity index is 1030. The Morgan fingerprint density at radius 3 is 2.68 bits per heavy atom. The van der Waals surface area contributed by atoms with Gasteiger partial charge in [0.2, 0.25) is 0 Å². The van der Waals surface area contributed by atoms with Crippen molar-refractivity contribution in [1.29, 1.82) is 0 Å². The van der Waals surface area contributed by atoms with Gasteiger partial charge in [0.25, 0.3) is 5.91 Å². The van der Waals surface area contributed by atoms with E-state index in [0.717, 1.165) is 51.9 Å². The zero-order chi connectivity index (χ0) is 19.7. The zero-order valence-electron chi connectivity index (χ0n) is 16.7. The Hall–Kier alpha value is -2.88. The molecule has 0 aliphatic heterocycles. The molecule has 0 radical (unpaired) electrons. The fraction of sp³-hybridized carbons (Fsp3) is 0.333. The number of allylic oxidation sites excluding steroid dienone is 1. The third-order valence-corrected chi connectivity index (χ3v) is 5.54. The first-order chi connectivity index (χ1) is 13.6. The summed E-state index contributed by atoms with van der Waals surface area (Å²) in [5.74, 6) is 1.37. The molecule has 1 aliphatic rings. The summed E-state index contributed by atoms with van der Waals surface area (Å²) >= 11 is 0. The number of furan rings is 1. The number of para-hydroxylation sites is 1. The second-order valence-corrected chi connectivity index (χ2v) is 7.51. The molecule has 0 N–H and O–H groups in total. The first-order valence-electron chi connectivity index (χ1n) is 10.1. The number of aromatic nitrogens is 1. The monoisotopic (exact) mass is 374 g/mol. The van der Waals surface area contributed by atoms with E-state index in [0.29, 0.717) is 19.0 Å². The van der Waals surface area contributed by atoms with Crippen molar-refractivity contribution in [3.8, 4) is 0 Å². The van der Waals surface area contributed by atoms with Gasteiger partial charge in [0, 0.05) is 18.5 Å². The number of nitrogens with zero attached hydrogens (tertiary/aromatic N) is 2. The minimum Gasteiger partial charge on any atom is -0.465 e. The largest absolute Gasteiger partial charge is 0.465 e. The fourth-order valence-corrected chi connectivity index (χ4v) is 4.19. The minimum absolute atomic E-state index is 0.103. The lowest BCUT2D eigenvalue weighted by Crippen LogP contribution is -2.32. The van der Waals surface area contributed by atoms with Gasteiger partial charge in [0.15, 0.2) is 0 Å². The van der Waals surface area contributed by atoms with Gasteiger partial charge in [0.05, 0.1) is 23.0 Å². The van der Waals surface area contributed by atoms with Crippen LogP contribution in [0.25, 0.3) is 22.6 Å². The molecule has 0 spiro atoms. The van der Waals surface area contributed by atoms with Gasteiger partial charge in [-0.15, -0.1) is 0 Å². The Kier molecular flexibility index (Phi) is 5.03. The van der Waals surface area contributed by atoms with Gasteiger partial charge in [-0.25, -0.2) is 4.98 Å². The average molecular weight is 374 g/mol. The van der Waals surface area contributed by atoms with Crippen LogP contribution in [0.5, 0.6) is 0 Å². The van der Waals surface area contributed by atoms with Crippen LogP contribution in [0.3, 0.4) is 0 Å². The van der Waals surface area contributed by atoms with Crippen LogP contribution in [-0.4, -0.2) is 28.9 Å². The first kappa shape index (κ1) is 18.5. The highest BCUT2D eigenvalue weighted by Crippen LogP contribution is 2.38. The van der Waals surface area contributed by atoms with Crippen LogP contribution >= 0.6 is 0 Å². The zero-order valence-corrected chi connectivity index (χ0v) is 16.7. The summed E-state index contributed by atoms with van der Waals surface area (Å²) in [6.07, 6.45) is 5.55. The lowest BCUT2D eigenvalue weighted by molar-refractivity contribution is 0.0773. The molecule has 144 valence electrons. The van der Waals surface area contributed by atoms with E-state index in [-0.39, 0.29) is 5.91 Å². The van der Waals surface area contributed by atoms with Crippen molar-refractivity contribution in [2.45, 2.75) is 33.6 Å². The lowest BCUT2D eigenvalue weighted by atomic mass is 9.80. The third-order valence-electron chi connectivity index (χ3n) is 5.54. The van der Waals surface area contributed by atoms with Gasteiger partial charge in [0.1, 0.15) is 5.76 Å². The second kappa shape index (κ2) is 7.63. The molecule has 2 aromatic heterocycles. The van der Waals surface area contributed by atoms with Gasteiger partial charge < -0.3 is 9.32 Å². The molecule has 3 aromatic rings. The van der Waals surface area contributed by atoms with E-state index in [2.05, 4.69) is 13.0 Å². The SMILES string of the molecule is CCN(CC)C(=O)c1c2c(nc3ccccc13)/C(=C\c1ccco1)CC(C)C2. The van der Waals surface area contributed by atoms with Crippen LogP contribution in [0.1, 0.15) is 54.6 Å². The van der Waals surface area contributed by atoms with Crippen molar-refractivity contribution in [2.75, 3.05) is 13.1 Å². The highest BCUT2D eigenvalue weighted by atomic mass is 16.3. The van der Waals surface area contributed by atoms with E-state index in [4.69, 9.17) is 9.40 Å². The van der Waals surface area contributed by atoms with E-state index in [1.807, 2.05) is 55.1 Å². The standard InChI is InChI=1S/C24H26N2O2/c1-4-26(5-2)24(27)22-19-10-6-7-11-21(19)25-23-17(13-16(3)14-20(22)23)15-18-9-8-12-28-18/h6-12,15-16H,4-5,13-14H2,1-3H3/b17-15-. The van der Waals surface area contributed by atoms with Crippen molar-refractivity contribution in [3.63, 3.8) is 0 Å². The van der Waals surface area contributed by atoms with Crippen molar-refractivity contribution < 1.29 is 9.21 Å². The summed E-state index contributed by atoms with van der Waals surface area (Å²) in [5, 5.41) is 0.949. The van der Waals surface area contributed by atoms with E-state index >= 15 is 0 Å². The third kappa shape index (κ3) is 3.24. The maximum atomic E-state index is 13.5. The van der Waals surface area contributed by atoms with Crippen LogP contribution in [-0.2, 0) is 6.42 Å². The molecule has 2 heterocycles. The second-order valence-electron chi connectivity index (χ2n) is 7.51. The highest BCUT2D eigenvalue weighted by Gasteiger charge is 2.29. The smallest absolute Gasteiger partial charge is 0.254 e. The molecule has 4 heteroatoms. The molecule has 4 rings (SSSR count). The molecule has 4 nitrogen and oxygen atoms in total. The summed E-state index contributed by atoms with van der Waals surface area (Å²) in [7, 11) is 0. The van der Waals surface area contributed by atoms with Gasteiger partial charge >= 0.3 is 0 Å². The van der Waals surface area contributed by atoms with Crippen LogP contribution in [0.2, 0.25) is 0 Å². The van der Waals surface area contributed by atoms with E-state index in [1.54, 1.807) is 6.26 Å². The molecule has 0 saturated carbocycles. The number of hydrogen-bond acceptors (Lipinski definition) is 3. The van der Waals surface area contributed by atoms with Gasteiger partial charge in [-0.05, 0) is 68.0 Å². The summed E-state index contributed by atoms with van der Waals surface area (Å²) in [6.45, 7) is 7.70. The van der Waals surface area contributed by atoms with E-state index < -0.39 is 0 Å². The lowest BCUT2D eigenvalue weighted by Gasteiger charge is -2.28. The summed E-state index contributed by atoms with van der Waals surface area (Å²) in [6, 6.07) is 11.8. The van der Waals surface area contributed by atoms with Gasteiger partial charge in [-0.2, -0.15) is 0 Å². The number of benzene rings is 1. The maximum absolute atomic E-state index is 13.5. The highest BCUT2D eigenvalue weighted by molar-refractivity contribution is 6.09. The van der Waals surface area contributed by atoms with E-state index in [9.17, 15) is 4.79 Å². The summed E-state index contributed by atoms with van der Waals surface area (Å²) in [4.78, 5) is 20.4. The average Bonchev–Trinajstić information content (AvgIpc) is 3.20. The molecule has 0 fully saturated rings. The van der Waals surface area contributed by atoms with Crippen molar-refractivity contribution in [3.05, 3.63) is 65.2 Å². The number of fused-ring (bicyclic) bond motifs is 2. The molecule has 1 atom stereocenters. The van der Waals surface area contributed by atoms with Crippen LogP contribution < -0.4 is 0 Å². The summed E-state index contributed by atoms with van der Waals surface area (Å²) < 4.78 is 5.55. The first-order valence-corrected chi connectivity index (χ1v) is 10.1. The van der Waals surface area contributed by atoms with Crippen LogP contribution in [0.4, 0.5) is 0 Å².